The number of hydrogen-bond acceptors (Lipinski definition) is 11. The Morgan fingerprint density at radius 3 is 2.45 bits per heavy atom. The van der Waals surface area contributed by atoms with Crippen LogP contribution in [-0.2, 0) is 0 Å². The zero-order valence-corrected chi connectivity index (χ0v) is 16.0. The molecule has 0 saturated carbocycles. The number of anilines is 1. The number of amides is 1. The number of nitrogen functional groups attached to an aromatic ring is 1. The van der Waals surface area contributed by atoms with Crippen LogP contribution in [0.15, 0.2) is 21.9 Å². The molecule has 3 N–H and O–H groups in total. The van der Waals surface area contributed by atoms with E-state index in [0.29, 0.717) is 28.5 Å². The van der Waals surface area contributed by atoms with Gasteiger partial charge in [-0.1, -0.05) is 5.21 Å². The van der Waals surface area contributed by atoms with Crippen molar-refractivity contribution in [1.82, 2.24) is 30.7 Å². The van der Waals surface area contributed by atoms with Crippen molar-refractivity contribution < 1.29 is 23.6 Å². The van der Waals surface area contributed by atoms with Crippen LogP contribution in [0, 0.1) is 6.92 Å². The molecule has 29 heavy (non-hydrogen) atoms. The highest BCUT2D eigenvalue weighted by Gasteiger charge is 2.22. The number of rotatable bonds is 7. The van der Waals surface area contributed by atoms with Crippen LogP contribution in [0.3, 0.4) is 0 Å². The Labute approximate surface area is 164 Å². The monoisotopic (exact) mass is 402 g/mol. The van der Waals surface area contributed by atoms with Gasteiger partial charge in [-0.3, -0.25) is 4.79 Å². The first-order valence-corrected chi connectivity index (χ1v) is 8.14. The van der Waals surface area contributed by atoms with Crippen LogP contribution in [0.5, 0.6) is 17.2 Å². The third-order valence-electron chi connectivity index (χ3n) is 3.82. The smallest absolute Gasteiger partial charge is 0.292 e. The van der Waals surface area contributed by atoms with Crippen molar-refractivity contribution in [2.45, 2.75) is 6.92 Å². The van der Waals surface area contributed by atoms with Gasteiger partial charge in [0.25, 0.3) is 5.91 Å². The van der Waals surface area contributed by atoms with Crippen molar-refractivity contribution in [1.29, 1.82) is 0 Å². The molecule has 2 heterocycles. The van der Waals surface area contributed by atoms with Crippen LogP contribution in [0.4, 0.5) is 5.82 Å². The molecule has 0 aliphatic carbocycles. The van der Waals surface area contributed by atoms with E-state index in [-0.39, 0.29) is 17.3 Å². The molecule has 0 radical (unpaired) electrons. The highest BCUT2D eigenvalue weighted by atomic mass is 16.6. The van der Waals surface area contributed by atoms with Crippen LogP contribution in [0.25, 0.3) is 5.82 Å². The van der Waals surface area contributed by atoms with Gasteiger partial charge < -0.3 is 19.9 Å². The van der Waals surface area contributed by atoms with Crippen molar-refractivity contribution in [3.8, 4) is 23.1 Å². The normalized spacial score (nSPS) is 10.9. The Morgan fingerprint density at radius 1 is 1.21 bits per heavy atom. The SMILES string of the molecule is COc1cc(/C=N\NC(=O)c2c(C)nnn2-c2nonc2N)cc(OC)c1OC. The number of aryl methyl sites for hydroxylation is 1. The molecule has 13 heteroatoms. The maximum atomic E-state index is 12.6. The van der Waals surface area contributed by atoms with Crippen LogP contribution < -0.4 is 25.4 Å². The number of carbonyl (C=O) groups is 1. The predicted molar refractivity (Wildman–Crippen MR) is 99.5 cm³/mol. The fourth-order valence-electron chi connectivity index (χ4n) is 2.50. The molecule has 0 fully saturated rings. The van der Waals surface area contributed by atoms with E-state index in [9.17, 15) is 4.79 Å². The van der Waals surface area contributed by atoms with Gasteiger partial charge in [-0.2, -0.15) is 9.78 Å². The lowest BCUT2D eigenvalue weighted by Crippen LogP contribution is -2.22. The molecule has 0 aliphatic heterocycles. The van der Waals surface area contributed by atoms with Gasteiger partial charge in [-0.25, -0.2) is 10.1 Å². The summed E-state index contributed by atoms with van der Waals surface area (Å²) in [5.41, 5.74) is 9.07. The summed E-state index contributed by atoms with van der Waals surface area (Å²) in [6, 6.07) is 3.35. The lowest BCUT2D eigenvalue weighted by molar-refractivity contribution is 0.0946. The molecule has 1 amide bonds. The average Bonchev–Trinajstić information content (AvgIpc) is 3.31. The molecule has 0 unspecified atom stereocenters. The van der Waals surface area contributed by atoms with Crippen LogP contribution in [-0.4, -0.2) is 58.8 Å². The number of benzene rings is 1. The van der Waals surface area contributed by atoms with Gasteiger partial charge in [0.05, 0.1) is 33.2 Å². The predicted octanol–water partition coefficient (Wildman–Crippen LogP) is 0.331. The zero-order valence-electron chi connectivity index (χ0n) is 16.0. The molecule has 3 rings (SSSR count). The number of nitrogens with one attached hydrogen (secondary N) is 1. The molecule has 13 nitrogen and oxygen atoms in total. The van der Waals surface area contributed by atoms with Gasteiger partial charge in [-0.05, 0) is 29.4 Å². The highest BCUT2D eigenvalue weighted by molar-refractivity contribution is 5.95. The van der Waals surface area contributed by atoms with E-state index in [1.807, 2.05) is 0 Å². The Balaban J connectivity index is 1.83. The van der Waals surface area contributed by atoms with Gasteiger partial charge in [0.1, 0.15) is 0 Å². The summed E-state index contributed by atoms with van der Waals surface area (Å²) in [5, 5.41) is 18.7. The van der Waals surface area contributed by atoms with Gasteiger partial charge in [0.2, 0.25) is 17.4 Å². The van der Waals surface area contributed by atoms with E-state index < -0.39 is 5.91 Å². The summed E-state index contributed by atoms with van der Waals surface area (Å²) in [6.07, 6.45) is 1.41. The second-order valence-electron chi connectivity index (χ2n) is 5.57. The minimum atomic E-state index is -0.585. The molecule has 0 bridgehead atoms. The fourth-order valence-corrected chi connectivity index (χ4v) is 2.50. The van der Waals surface area contributed by atoms with Crippen LogP contribution in [0.2, 0.25) is 0 Å². The van der Waals surface area contributed by atoms with E-state index in [0.717, 1.165) is 4.68 Å². The molecule has 0 spiro atoms. The molecule has 0 saturated heterocycles. The van der Waals surface area contributed by atoms with Crippen LogP contribution >= 0.6 is 0 Å². The van der Waals surface area contributed by atoms with E-state index in [4.69, 9.17) is 19.9 Å². The van der Waals surface area contributed by atoms with Crippen molar-refractivity contribution in [2.24, 2.45) is 5.10 Å². The minimum Gasteiger partial charge on any atom is -0.493 e. The first kappa shape index (κ1) is 19.6. The lowest BCUT2D eigenvalue weighted by Gasteiger charge is -2.12. The van der Waals surface area contributed by atoms with Gasteiger partial charge in [0, 0.05) is 5.56 Å². The third-order valence-corrected chi connectivity index (χ3v) is 3.82. The fraction of sp³-hybridized carbons (Fsp3) is 0.250. The third kappa shape index (κ3) is 3.78. The van der Waals surface area contributed by atoms with Gasteiger partial charge in [0.15, 0.2) is 17.2 Å². The Hall–Kier alpha value is -4.16. The first-order valence-electron chi connectivity index (χ1n) is 8.14. The maximum Gasteiger partial charge on any atom is 0.292 e. The van der Waals surface area contributed by atoms with Crippen LogP contribution in [0.1, 0.15) is 21.7 Å². The van der Waals surface area contributed by atoms with Crippen molar-refractivity contribution >= 4 is 17.9 Å². The second kappa shape index (κ2) is 8.24. The summed E-state index contributed by atoms with van der Waals surface area (Å²) in [4.78, 5) is 12.6. The average molecular weight is 402 g/mol. The quantitative estimate of drug-likeness (QED) is 0.415. The van der Waals surface area contributed by atoms with Crippen molar-refractivity contribution in [3.63, 3.8) is 0 Å². The van der Waals surface area contributed by atoms with Gasteiger partial charge >= 0.3 is 0 Å². The summed E-state index contributed by atoms with van der Waals surface area (Å²) in [5.74, 6) is 0.770. The maximum absolute atomic E-state index is 12.6. The minimum absolute atomic E-state index is 0.0372. The Kier molecular flexibility index (Phi) is 5.57. The second-order valence-corrected chi connectivity index (χ2v) is 5.57. The molecule has 2 aromatic heterocycles. The summed E-state index contributed by atoms with van der Waals surface area (Å²) < 4.78 is 21.5. The highest BCUT2D eigenvalue weighted by Crippen LogP contribution is 2.37. The van der Waals surface area contributed by atoms with E-state index in [1.165, 1.54) is 27.5 Å². The largest absolute Gasteiger partial charge is 0.493 e. The number of carbonyl (C=O) groups excluding carboxylic acids is 1. The number of methoxy groups -OCH3 is 3. The molecule has 3 aromatic rings. The summed E-state index contributed by atoms with van der Waals surface area (Å²) in [7, 11) is 4.51. The topological polar surface area (TPSA) is 165 Å². The van der Waals surface area contributed by atoms with Crippen molar-refractivity contribution in [3.05, 3.63) is 29.1 Å². The lowest BCUT2D eigenvalue weighted by atomic mass is 10.2. The van der Waals surface area contributed by atoms with Crippen molar-refractivity contribution in [2.75, 3.05) is 27.1 Å². The molecule has 0 aliphatic rings. The number of hydrazone groups is 1. The molecular formula is C16H18N8O5. The molecular weight excluding hydrogens is 384 g/mol. The van der Waals surface area contributed by atoms with E-state index in [2.05, 4.69) is 35.8 Å². The Bertz CT molecular complexity index is 1030. The summed E-state index contributed by atoms with van der Waals surface area (Å²) >= 11 is 0. The molecule has 0 atom stereocenters. The number of nitrogens with two attached hydrogens (primary N) is 1. The summed E-state index contributed by atoms with van der Waals surface area (Å²) in [6.45, 7) is 1.60. The van der Waals surface area contributed by atoms with E-state index >= 15 is 0 Å². The zero-order chi connectivity index (χ0) is 21.0. The standard InChI is InChI=1S/C16H18N8O5/c1-8-12(24(23-19-8)15-14(17)21-29-22-15)16(25)20-18-7-9-5-10(26-2)13(28-4)11(6-9)27-3/h5-7H,1-4H3,(H2,17,21)(H,20,25)/b18-7-. The molecule has 1 aromatic carbocycles. The number of ether oxygens (including phenoxy) is 3. The van der Waals surface area contributed by atoms with E-state index in [1.54, 1.807) is 19.1 Å². The number of aromatic nitrogens is 5. The number of nitrogens with zero attached hydrogens (tertiary/aromatic N) is 6. The van der Waals surface area contributed by atoms with Gasteiger partial charge in [-0.15, -0.1) is 5.10 Å². The Morgan fingerprint density at radius 2 is 1.90 bits per heavy atom. The number of hydrogen-bond donors (Lipinski definition) is 2. The first-order chi connectivity index (χ1) is 14.0. The molecule has 152 valence electrons.